The summed E-state index contributed by atoms with van der Waals surface area (Å²) in [6.45, 7) is 1.66. The smallest absolute Gasteiger partial charge is 0.251 e. The maximum atomic E-state index is 10.8. The fourth-order valence-corrected chi connectivity index (χ4v) is 0.668. The lowest BCUT2D eigenvalue weighted by Crippen LogP contribution is -2.30. The number of nitrogens with zero attached hydrogens (tertiary/aromatic N) is 2. The third-order valence-corrected chi connectivity index (χ3v) is 1.17. The molecule has 11 heavy (non-hydrogen) atoms. The van der Waals surface area contributed by atoms with Crippen LogP contribution in [-0.2, 0) is 4.79 Å². The molecule has 0 aliphatic carbocycles. The zero-order chi connectivity index (χ0) is 8.43. The number of nitrogens with one attached hydrogen (secondary N) is 1. The summed E-state index contributed by atoms with van der Waals surface area (Å²) in [5.41, 5.74) is 10.1. The highest BCUT2D eigenvalue weighted by Gasteiger charge is 2.20. The van der Waals surface area contributed by atoms with Crippen molar-refractivity contribution >= 4 is 17.8 Å². The summed E-state index contributed by atoms with van der Waals surface area (Å²) in [7, 11) is 0. The summed E-state index contributed by atoms with van der Waals surface area (Å²) in [4.78, 5) is 18.2. The minimum atomic E-state index is -0.395. The van der Waals surface area contributed by atoms with E-state index in [1.807, 2.05) is 0 Å². The van der Waals surface area contributed by atoms with E-state index >= 15 is 0 Å². The molecule has 1 atom stereocenters. The van der Waals surface area contributed by atoms with E-state index < -0.39 is 6.04 Å². The molecule has 1 rings (SSSR count). The Labute approximate surface area is 63.4 Å². The van der Waals surface area contributed by atoms with Crippen molar-refractivity contribution in [2.24, 2.45) is 21.5 Å². The predicted octanol–water partition coefficient (Wildman–Crippen LogP) is -1.87. The van der Waals surface area contributed by atoms with Crippen molar-refractivity contribution in [3.05, 3.63) is 0 Å². The molecule has 1 aliphatic heterocycles. The van der Waals surface area contributed by atoms with Crippen LogP contribution in [0.1, 0.15) is 6.92 Å². The lowest BCUT2D eigenvalue weighted by molar-refractivity contribution is -0.119. The Balaban J connectivity index is 2.72. The number of rotatable bonds is 0. The van der Waals surface area contributed by atoms with Gasteiger partial charge in [-0.2, -0.15) is 4.99 Å². The molecule has 1 aliphatic rings. The van der Waals surface area contributed by atoms with Crippen LogP contribution in [0.4, 0.5) is 0 Å². The molecule has 1 heterocycles. The van der Waals surface area contributed by atoms with Crippen molar-refractivity contribution in [2.45, 2.75) is 13.0 Å². The lowest BCUT2D eigenvalue weighted by Gasteiger charge is -1.92. The van der Waals surface area contributed by atoms with Crippen LogP contribution >= 0.6 is 0 Å². The van der Waals surface area contributed by atoms with E-state index in [-0.39, 0.29) is 17.8 Å². The molecule has 0 radical (unpaired) electrons. The van der Waals surface area contributed by atoms with Gasteiger partial charge in [0.1, 0.15) is 6.04 Å². The van der Waals surface area contributed by atoms with E-state index in [0.717, 1.165) is 0 Å². The summed E-state index contributed by atoms with van der Waals surface area (Å²) in [6, 6.07) is -0.395. The summed E-state index contributed by atoms with van der Waals surface area (Å²) < 4.78 is 0. The van der Waals surface area contributed by atoms with Gasteiger partial charge in [0.25, 0.3) is 5.91 Å². The molecule has 0 fully saturated rings. The maximum absolute atomic E-state index is 10.8. The number of aliphatic imine (C=N–C) groups is 2. The fraction of sp³-hybridized carbons (Fsp3) is 0.400. The van der Waals surface area contributed by atoms with Crippen LogP contribution in [-0.4, -0.2) is 23.9 Å². The number of amides is 1. The molecule has 5 N–H and O–H groups in total. The Kier molecular flexibility index (Phi) is 1.75. The average Bonchev–Trinajstić information content (AvgIpc) is 2.10. The third kappa shape index (κ3) is 1.66. The number of carbonyl (C=O) groups is 1. The molecule has 1 unspecified atom stereocenters. The molecular formula is C5H9N5O. The number of guanidine groups is 2. The molecule has 0 bridgehead atoms. The summed E-state index contributed by atoms with van der Waals surface area (Å²) >= 11 is 0. The lowest BCUT2D eigenvalue weighted by atomic mass is 10.4. The Morgan fingerprint density at radius 2 is 2.36 bits per heavy atom. The first-order valence-corrected chi connectivity index (χ1v) is 3.08. The highest BCUT2D eigenvalue weighted by atomic mass is 16.2. The average molecular weight is 155 g/mol. The first kappa shape index (κ1) is 7.52. The van der Waals surface area contributed by atoms with Gasteiger partial charge in [-0.05, 0) is 6.92 Å². The van der Waals surface area contributed by atoms with E-state index in [1.54, 1.807) is 6.92 Å². The van der Waals surface area contributed by atoms with Crippen LogP contribution in [0.2, 0.25) is 0 Å². The van der Waals surface area contributed by atoms with Crippen LogP contribution in [0, 0.1) is 0 Å². The van der Waals surface area contributed by atoms with Gasteiger partial charge in [0.05, 0.1) is 0 Å². The molecule has 0 saturated heterocycles. The second-order valence-corrected chi connectivity index (χ2v) is 2.15. The zero-order valence-corrected chi connectivity index (χ0v) is 6.03. The normalized spacial score (nSPS) is 22.5. The van der Waals surface area contributed by atoms with Gasteiger partial charge < -0.3 is 11.5 Å². The Bertz CT molecular complexity index is 239. The van der Waals surface area contributed by atoms with Crippen LogP contribution in [0.25, 0.3) is 0 Å². The molecule has 6 nitrogen and oxygen atoms in total. The number of hydrogen-bond donors (Lipinski definition) is 3. The van der Waals surface area contributed by atoms with Crippen molar-refractivity contribution < 1.29 is 4.79 Å². The van der Waals surface area contributed by atoms with Gasteiger partial charge in [-0.15, -0.1) is 0 Å². The van der Waals surface area contributed by atoms with Gasteiger partial charge in [0, 0.05) is 0 Å². The first-order chi connectivity index (χ1) is 5.09. The molecule has 1 amide bonds. The topological polar surface area (TPSA) is 106 Å². The summed E-state index contributed by atoms with van der Waals surface area (Å²) in [5.74, 6) is -0.120. The van der Waals surface area contributed by atoms with Crippen LogP contribution in [0.3, 0.4) is 0 Å². The zero-order valence-electron chi connectivity index (χ0n) is 6.03. The molecule has 0 aromatic carbocycles. The number of carbonyl (C=O) groups excluding carboxylic acids is 1. The molecule has 0 saturated carbocycles. The Morgan fingerprint density at radius 3 is 2.73 bits per heavy atom. The number of nitrogens with two attached hydrogens (primary N) is 2. The van der Waals surface area contributed by atoms with E-state index in [4.69, 9.17) is 11.5 Å². The molecule has 6 heteroatoms. The van der Waals surface area contributed by atoms with Gasteiger partial charge in [-0.25, -0.2) is 4.99 Å². The standard InChI is InChI=1S/C5H9N5O/c1-2-3(11)9-5(8-2)10-4(6)7/h2H,1H3,(H5,6,7,8,9,10,11). The minimum absolute atomic E-state index is 0.113. The van der Waals surface area contributed by atoms with Crippen LogP contribution < -0.4 is 16.8 Å². The van der Waals surface area contributed by atoms with Crippen molar-refractivity contribution in [1.29, 1.82) is 0 Å². The van der Waals surface area contributed by atoms with Crippen molar-refractivity contribution in [3.8, 4) is 0 Å². The molecule has 60 valence electrons. The summed E-state index contributed by atoms with van der Waals surface area (Å²) in [6.07, 6.45) is 0. The fourth-order valence-electron chi connectivity index (χ4n) is 0.668. The maximum Gasteiger partial charge on any atom is 0.251 e. The predicted molar refractivity (Wildman–Crippen MR) is 40.8 cm³/mol. The largest absolute Gasteiger partial charge is 0.370 e. The second kappa shape index (κ2) is 2.57. The van der Waals surface area contributed by atoms with Gasteiger partial charge in [-0.1, -0.05) is 0 Å². The molecule has 0 spiro atoms. The third-order valence-electron chi connectivity index (χ3n) is 1.17. The van der Waals surface area contributed by atoms with Crippen molar-refractivity contribution in [1.82, 2.24) is 5.32 Å². The molecule has 0 aromatic heterocycles. The van der Waals surface area contributed by atoms with Crippen LogP contribution in [0.5, 0.6) is 0 Å². The van der Waals surface area contributed by atoms with Gasteiger partial charge in [0.2, 0.25) is 5.96 Å². The van der Waals surface area contributed by atoms with Crippen molar-refractivity contribution in [3.63, 3.8) is 0 Å². The van der Waals surface area contributed by atoms with Gasteiger partial charge in [0.15, 0.2) is 5.96 Å². The summed E-state index contributed by atoms with van der Waals surface area (Å²) in [5, 5.41) is 2.40. The SMILES string of the molecule is CC1N=C(N=C(N)N)NC1=O. The van der Waals surface area contributed by atoms with E-state index in [9.17, 15) is 4.79 Å². The van der Waals surface area contributed by atoms with E-state index in [0.29, 0.717) is 0 Å². The second-order valence-electron chi connectivity index (χ2n) is 2.15. The van der Waals surface area contributed by atoms with Gasteiger partial charge >= 0.3 is 0 Å². The quantitative estimate of drug-likeness (QED) is 0.282. The van der Waals surface area contributed by atoms with E-state index in [2.05, 4.69) is 15.3 Å². The minimum Gasteiger partial charge on any atom is -0.370 e. The Morgan fingerprint density at radius 1 is 1.73 bits per heavy atom. The highest BCUT2D eigenvalue weighted by molar-refractivity contribution is 6.08. The Hall–Kier alpha value is -1.59. The highest BCUT2D eigenvalue weighted by Crippen LogP contribution is 1.98. The van der Waals surface area contributed by atoms with E-state index in [1.165, 1.54) is 0 Å². The molecule has 0 aromatic rings. The first-order valence-electron chi connectivity index (χ1n) is 3.08. The van der Waals surface area contributed by atoms with Gasteiger partial charge in [-0.3, -0.25) is 10.1 Å². The number of hydrogen-bond acceptors (Lipinski definition) is 3. The monoisotopic (exact) mass is 155 g/mol. The molecular weight excluding hydrogens is 146 g/mol. The van der Waals surface area contributed by atoms with Crippen molar-refractivity contribution in [2.75, 3.05) is 0 Å². The van der Waals surface area contributed by atoms with Crippen LogP contribution in [0.15, 0.2) is 9.98 Å².